The van der Waals surface area contributed by atoms with Gasteiger partial charge in [-0.3, -0.25) is 0 Å². The van der Waals surface area contributed by atoms with Crippen LogP contribution >= 0.6 is 0 Å². The molecular formula is C32H40N6O3. The monoisotopic (exact) mass is 556 g/mol. The maximum Gasteiger partial charge on any atom is 0.339 e. The van der Waals surface area contributed by atoms with Crippen molar-refractivity contribution in [2.75, 3.05) is 13.1 Å². The van der Waals surface area contributed by atoms with E-state index in [1.807, 2.05) is 30.3 Å². The van der Waals surface area contributed by atoms with Crippen LogP contribution in [-0.4, -0.2) is 51.1 Å². The van der Waals surface area contributed by atoms with Gasteiger partial charge >= 0.3 is 5.97 Å². The zero-order chi connectivity index (χ0) is 28.5. The molecule has 3 aliphatic rings. The lowest BCUT2D eigenvalue weighted by Crippen LogP contribution is -2.57. The van der Waals surface area contributed by atoms with Crippen molar-refractivity contribution in [2.45, 2.75) is 63.5 Å². The molecule has 3 aromatic rings. The molecule has 0 radical (unpaired) electrons. The van der Waals surface area contributed by atoms with E-state index in [9.17, 15) is 9.90 Å². The summed E-state index contributed by atoms with van der Waals surface area (Å²) in [4.78, 5) is 12.2. The van der Waals surface area contributed by atoms with E-state index < -0.39 is 5.97 Å². The van der Waals surface area contributed by atoms with Gasteiger partial charge in [0.2, 0.25) is 0 Å². The summed E-state index contributed by atoms with van der Waals surface area (Å²) < 4.78 is 8.15. The Balaban J connectivity index is 1.24. The van der Waals surface area contributed by atoms with Gasteiger partial charge in [0, 0.05) is 36.8 Å². The summed E-state index contributed by atoms with van der Waals surface area (Å²) in [6.07, 6.45) is 10.6. The topological polar surface area (TPSA) is 132 Å². The number of benzene rings is 2. The molecule has 2 unspecified atom stereocenters. The SMILES string of the molecule is CC(Oc1cccc(-c2cccc(-n3ncc(C(=O)O)c3[C@@H]3CC3/C(N)=C/N(N)C3CNC3)c2)c1)C1CCCCC1. The fraction of sp³-hybridized carbons (Fsp3) is 0.438. The number of nitrogens with one attached hydrogen (secondary N) is 1. The Hall–Kier alpha value is -3.82. The van der Waals surface area contributed by atoms with Crippen LogP contribution in [0.4, 0.5) is 0 Å². The van der Waals surface area contributed by atoms with Crippen molar-refractivity contribution in [1.29, 1.82) is 0 Å². The third-order valence-corrected chi connectivity index (χ3v) is 8.98. The maximum atomic E-state index is 12.2. The van der Waals surface area contributed by atoms with E-state index in [1.54, 1.807) is 15.9 Å². The van der Waals surface area contributed by atoms with Gasteiger partial charge in [-0.15, -0.1) is 0 Å². The molecule has 0 amide bonds. The number of hydrogen-bond donors (Lipinski definition) is 4. The van der Waals surface area contributed by atoms with Crippen LogP contribution in [0.2, 0.25) is 0 Å². The molecule has 3 atom stereocenters. The third-order valence-electron chi connectivity index (χ3n) is 8.98. The second-order valence-electron chi connectivity index (χ2n) is 11.8. The molecule has 2 heterocycles. The number of carboxylic acids is 1. The van der Waals surface area contributed by atoms with Crippen LogP contribution in [0.1, 0.15) is 67.4 Å². The predicted octanol–water partition coefficient (Wildman–Crippen LogP) is 4.64. The van der Waals surface area contributed by atoms with E-state index in [0.29, 0.717) is 17.3 Å². The van der Waals surface area contributed by atoms with E-state index in [0.717, 1.165) is 42.1 Å². The molecule has 2 aliphatic carbocycles. The Kier molecular flexibility index (Phi) is 7.73. The van der Waals surface area contributed by atoms with E-state index in [4.69, 9.17) is 16.3 Å². The lowest BCUT2D eigenvalue weighted by Gasteiger charge is -2.34. The molecule has 0 spiro atoms. The van der Waals surface area contributed by atoms with Gasteiger partial charge in [0.1, 0.15) is 11.3 Å². The number of allylic oxidation sites excluding steroid dienone is 1. The minimum Gasteiger partial charge on any atom is -0.490 e. The van der Waals surface area contributed by atoms with Gasteiger partial charge < -0.3 is 25.9 Å². The number of nitrogens with zero attached hydrogens (tertiary/aromatic N) is 3. The van der Waals surface area contributed by atoms with E-state index >= 15 is 0 Å². The quantitative estimate of drug-likeness (QED) is 0.210. The Morgan fingerprint density at radius 1 is 1.15 bits per heavy atom. The molecule has 1 aliphatic heterocycles. The van der Waals surface area contributed by atoms with Gasteiger partial charge in [0.25, 0.3) is 0 Å². The predicted molar refractivity (Wildman–Crippen MR) is 158 cm³/mol. The Bertz CT molecular complexity index is 1420. The number of carbonyl (C=O) groups is 1. The minimum atomic E-state index is -0.992. The van der Waals surface area contributed by atoms with Crippen molar-refractivity contribution in [3.63, 3.8) is 0 Å². The zero-order valence-corrected chi connectivity index (χ0v) is 23.6. The summed E-state index contributed by atoms with van der Waals surface area (Å²) in [5, 5.41) is 19.4. The summed E-state index contributed by atoms with van der Waals surface area (Å²) in [6.45, 7) is 3.84. The number of rotatable bonds is 10. The van der Waals surface area contributed by atoms with Crippen LogP contribution in [0.25, 0.3) is 16.8 Å². The fourth-order valence-electron chi connectivity index (χ4n) is 6.29. The van der Waals surface area contributed by atoms with E-state index in [2.05, 4.69) is 35.5 Å². The molecule has 1 saturated heterocycles. The van der Waals surface area contributed by atoms with Crippen molar-refractivity contribution in [2.24, 2.45) is 23.4 Å². The first-order chi connectivity index (χ1) is 19.9. The van der Waals surface area contributed by atoms with Crippen LogP contribution in [0.3, 0.4) is 0 Å². The second kappa shape index (κ2) is 11.6. The Labute approximate surface area is 241 Å². The molecule has 6 N–H and O–H groups in total. The Morgan fingerprint density at radius 2 is 1.88 bits per heavy atom. The van der Waals surface area contributed by atoms with Gasteiger partial charge in [-0.2, -0.15) is 5.10 Å². The summed E-state index contributed by atoms with van der Waals surface area (Å²) in [6, 6.07) is 16.5. The minimum absolute atomic E-state index is 0.0193. The number of nitrogens with two attached hydrogens (primary N) is 2. The lowest BCUT2D eigenvalue weighted by atomic mass is 9.86. The molecule has 2 aromatic carbocycles. The number of hydrazine groups is 1. The van der Waals surface area contributed by atoms with Crippen LogP contribution in [0.15, 0.2) is 66.6 Å². The van der Waals surface area contributed by atoms with Gasteiger partial charge in [-0.25, -0.2) is 15.3 Å². The van der Waals surface area contributed by atoms with Crippen LogP contribution in [-0.2, 0) is 0 Å². The summed E-state index contributed by atoms with van der Waals surface area (Å²) in [7, 11) is 0. The largest absolute Gasteiger partial charge is 0.490 e. The number of carboxylic acid groups (broad SMARTS) is 1. The molecule has 9 nitrogen and oxygen atoms in total. The van der Waals surface area contributed by atoms with Crippen molar-refractivity contribution >= 4 is 5.97 Å². The lowest BCUT2D eigenvalue weighted by molar-refractivity contribution is 0.0695. The van der Waals surface area contributed by atoms with E-state index in [-0.39, 0.29) is 29.5 Å². The molecule has 216 valence electrons. The van der Waals surface area contributed by atoms with Gasteiger partial charge in [0.05, 0.1) is 29.7 Å². The first kappa shape index (κ1) is 27.4. The normalized spacial score (nSPS) is 22.1. The molecule has 41 heavy (non-hydrogen) atoms. The third kappa shape index (κ3) is 5.83. The van der Waals surface area contributed by atoms with Gasteiger partial charge in [-0.1, -0.05) is 43.5 Å². The van der Waals surface area contributed by atoms with Crippen molar-refractivity contribution in [3.05, 3.63) is 77.9 Å². The molecular weight excluding hydrogens is 516 g/mol. The van der Waals surface area contributed by atoms with Crippen LogP contribution in [0, 0.1) is 11.8 Å². The maximum absolute atomic E-state index is 12.2. The highest BCUT2D eigenvalue weighted by Gasteiger charge is 2.45. The zero-order valence-electron chi connectivity index (χ0n) is 23.6. The highest BCUT2D eigenvalue weighted by Crippen LogP contribution is 2.52. The molecule has 9 heteroatoms. The highest BCUT2D eigenvalue weighted by molar-refractivity contribution is 5.89. The summed E-state index contributed by atoms with van der Waals surface area (Å²) >= 11 is 0. The summed E-state index contributed by atoms with van der Waals surface area (Å²) in [5.74, 6) is 6.63. The number of hydrogen-bond acceptors (Lipinski definition) is 7. The molecule has 0 bridgehead atoms. The first-order valence-corrected chi connectivity index (χ1v) is 14.8. The van der Waals surface area contributed by atoms with Crippen molar-refractivity contribution in [3.8, 4) is 22.6 Å². The van der Waals surface area contributed by atoms with Crippen LogP contribution in [0.5, 0.6) is 5.75 Å². The number of aromatic nitrogens is 2. The number of aromatic carboxylic acids is 1. The average Bonchev–Trinajstić information content (AvgIpc) is 3.62. The van der Waals surface area contributed by atoms with E-state index in [1.165, 1.54) is 38.3 Å². The fourth-order valence-corrected chi connectivity index (χ4v) is 6.29. The highest BCUT2D eigenvalue weighted by atomic mass is 16.5. The van der Waals surface area contributed by atoms with Gasteiger partial charge in [-0.05, 0) is 67.5 Å². The van der Waals surface area contributed by atoms with Crippen molar-refractivity contribution < 1.29 is 14.6 Å². The number of ether oxygens (including phenoxy) is 1. The molecule has 6 rings (SSSR count). The van der Waals surface area contributed by atoms with Gasteiger partial charge in [0.15, 0.2) is 0 Å². The smallest absolute Gasteiger partial charge is 0.339 e. The standard InChI is InChI=1S/C32H40N6O3/c1-20(21-7-3-2-4-8-21)41-26-12-6-10-23(14-26)22-9-5-11-24(13-22)38-31(29(18-36-38)32(39)40)28-15-27(28)30(33)19-37(34)25-16-35-17-25/h5-6,9-14,18-21,25,27-28,35H,2-4,7-8,15-17,33-34H2,1H3,(H,39,40)/b30-19-/t20?,27?,28-/m1/s1. The average molecular weight is 557 g/mol. The van der Waals surface area contributed by atoms with Crippen LogP contribution < -0.4 is 21.6 Å². The van der Waals surface area contributed by atoms with Crippen molar-refractivity contribution in [1.82, 2.24) is 20.1 Å². The first-order valence-electron chi connectivity index (χ1n) is 14.8. The molecule has 3 fully saturated rings. The second-order valence-corrected chi connectivity index (χ2v) is 11.8. The Morgan fingerprint density at radius 3 is 2.59 bits per heavy atom. The molecule has 2 saturated carbocycles. The summed E-state index contributed by atoms with van der Waals surface area (Å²) in [5.41, 5.74) is 10.8. The molecule has 1 aromatic heterocycles.